The first-order valence-electron chi connectivity index (χ1n) is 6.85. The molecule has 0 spiro atoms. The van der Waals surface area contributed by atoms with E-state index in [1.54, 1.807) is 6.20 Å². The summed E-state index contributed by atoms with van der Waals surface area (Å²) in [5, 5.41) is 7.42. The predicted octanol–water partition coefficient (Wildman–Crippen LogP) is 2.65. The average molecular weight is 352 g/mol. The summed E-state index contributed by atoms with van der Waals surface area (Å²) >= 11 is 0. The van der Waals surface area contributed by atoms with Crippen molar-refractivity contribution < 1.29 is 0 Å². The van der Waals surface area contributed by atoms with Crippen molar-refractivity contribution in [1.29, 1.82) is 0 Å². The number of nitrogens with zero attached hydrogens (tertiary/aromatic N) is 3. The van der Waals surface area contributed by atoms with Crippen LogP contribution in [0.25, 0.3) is 5.69 Å². The topological polar surface area (TPSA) is 68.2 Å². The molecule has 1 atom stereocenters. The summed E-state index contributed by atoms with van der Waals surface area (Å²) in [7, 11) is 0. The van der Waals surface area contributed by atoms with Gasteiger partial charge in [0.15, 0.2) is 5.96 Å². The molecule has 0 aliphatic rings. The number of benzene rings is 1. The molecule has 0 fully saturated rings. The molecule has 0 radical (unpaired) electrons. The van der Waals surface area contributed by atoms with E-state index in [0.717, 1.165) is 17.7 Å². The summed E-state index contributed by atoms with van der Waals surface area (Å²) < 4.78 is 1.84. The van der Waals surface area contributed by atoms with Crippen LogP contribution in [-0.2, 0) is 6.54 Å². The molecule has 1 aromatic carbocycles. The molecule has 0 amide bonds. The Morgan fingerprint density at radius 2 is 2.14 bits per heavy atom. The van der Waals surface area contributed by atoms with Gasteiger partial charge in [-0.05, 0) is 31.0 Å². The zero-order valence-electron chi connectivity index (χ0n) is 12.4. The van der Waals surface area contributed by atoms with Gasteiger partial charge in [-0.3, -0.25) is 0 Å². The van der Waals surface area contributed by atoms with Crippen LogP contribution in [0.3, 0.4) is 0 Å². The van der Waals surface area contributed by atoms with Gasteiger partial charge in [-0.2, -0.15) is 5.10 Å². The second-order valence-electron chi connectivity index (χ2n) is 4.73. The van der Waals surface area contributed by atoms with E-state index in [0.29, 0.717) is 18.5 Å². The number of nitrogens with two attached hydrogens (primary N) is 1. The molecule has 114 valence electrons. The number of guanidine groups is 1. The number of hydrogen-bond donors (Lipinski definition) is 2. The minimum absolute atomic E-state index is 0. The molecule has 0 saturated heterocycles. The second kappa shape index (κ2) is 8.46. The highest BCUT2D eigenvalue weighted by Crippen LogP contribution is 2.14. The van der Waals surface area contributed by atoms with Gasteiger partial charge in [0.25, 0.3) is 0 Å². The molecule has 0 aliphatic heterocycles. The lowest BCUT2D eigenvalue weighted by Crippen LogP contribution is -2.38. The van der Waals surface area contributed by atoms with E-state index in [1.165, 1.54) is 0 Å². The maximum Gasteiger partial charge on any atom is 0.189 e. The molecular formula is C15H22BrN5. The van der Waals surface area contributed by atoms with Gasteiger partial charge in [-0.1, -0.05) is 25.1 Å². The molecule has 2 rings (SSSR count). The minimum Gasteiger partial charge on any atom is -0.370 e. The standard InChI is InChI=1S/C15H21N5.BrH/c1-3-12(2)19-15(16)17-11-13-7-4-5-8-14(13)20-10-6-9-18-20;/h4-10,12H,3,11H2,1-2H3,(H3,16,17,19);1H. The van der Waals surface area contributed by atoms with Crippen molar-refractivity contribution in [2.24, 2.45) is 10.7 Å². The quantitative estimate of drug-likeness (QED) is 0.642. The number of hydrogen-bond acceptors (Lipinski definition) is 2. The highest BCUT2D eigenvalue weighted by Gasteiger charge is 2.04. The fraction of sp³-hybridized carbons (Fsp3) is 0.333. The van der Waals surface area contributed by atoms with E-state index >= 15 is 0 Å². The van der Waals surface area contributed by atoms with Crippen LogP contribution in [0.15, 0.2) is 47.7 Å². The van der Waals surface area contributed by atoms with Gasteiger partial charge >= 0.3 is 0 Å². The van der Waals surface area contributed by atoms with Crippen LogP contribution in [0.4, 0.5) is 0 Å². The smallest absolute Gasteiger partial charge is 0.189 e. The Morgan fingerprint density at radius 1 is 1.38 bits per heavy atom. The Labute approximate surface area is 136 Å². The molecule has 2 aromatic rings. The number of para-hydroxylation sites is 1. The molecule has 0 saturated carbocycles. The number of aliphatic imine (C=N–C) groups is 1. The van der Waals surface area contributed by atoms with Crippen molar-refractivity contribution in [2.75, 3.05) is 0 Å². The second-order valence-corrected chi connectivity index (χ2v) is 4.73. The van der Waals surface area contributed by atoms with E-state index in [1.807, 2.05) is 41.2 Å². The fourth-order valence-electron chi connectivity index (χ4n) is 1.85. The van der Waals surface area contributed by atoms with Crippen molar-refractivity contribution in [3.05, 3.63) is 48.3 Å². The first kappa shape index (κ1) is 17.2. The normalized spacial score (nSPS) is 12.6. The molecule has 1 aromatic heterocycles. The van der Waals surface area contributed by atoms with E-state index in [-0.39, 0.29) is 17.0 Å². The molecule has 21 heavy (non-hydrogen) atoms. The first-order valence-corrected chi connectivity index (χ1v) is 6.85. The van der Waals surface area contributed by atoms with Gasteiger partial charge in [0, 0.05) is 18.4 Å². The van der Waals surface area contributed by atoms with Gasteiger partial charge in [0.1, 0.15) is 0 Å². The van der Waals surface area contributed by atoms with Crippen LogP contribution >= 0.6 is 17.0 Å². The summed E-state index contributed by atoms with van der Waals surface area (Å²) in [6.07, 6.45) is 4.70. The van der Waals surface area contributed by atoms with Crippen LogP contribution in [0.5, 0.6) is 0 Å². The lowest BCUT2D eigenvalue weighted by molar-refractivity contribution is 0.636. The lowest BCUT2D eigenvalue weighted by atomic mass is 10.2. The SMILES string of the molecule is Br.CCC(C)NC(N)=NCc1ccccc1-n1cccn1. The first-order chi connectivity index (χ1) is 9.70. The Kier molecular flexibility index (Phi) is 6.94. The Morgan fingerprint density at radius 3 is 2.81 bits per heavy atom. The van der Waals surface area contributed by atoms with Crippen molar-refractivity contribution in [3.63, 3.8) is 0 Å². The van der Waals surface area contributed by atoms with Crippen molar-refractivity contribution in [3.8, 4) is 5.69 Å². The summed E-state index contributed by atoms with van der Waals surface area (Å²) in [4.78, 5) is 4.40. The number of nitrogens with one attached hydrogen (secondary N) is 1. The van der Waals surface area contributed by atoms with Gasteiger partial charge in [-0.15, -0.1) is 17.0 Å². The summed E-state index contributed by atoms with van der Waals surface area (Å²) in [6, 6.07) is 10.3. The molecule has 0 bridgehead atoms. The third-order valence-corrected chi connectivity index (χ3v) is 3.17. The molecule has 1 unspecified atom stereocenters. The molecule has 1 heterocycles. The molecule has 5 nitrogen and oxygen atoms in total. The van der Waals surface area contributed by atoms with Crippen molar-refractivity contribution in [1.82, 2.24) is 15.1 Å². The summed E-state index contributed by atoms with van der Waals surface area (Å²) in [6.45, 7) is 4.73. The van der Waals surface area contributed by atoms with Crippen molar-refractivity contribution >= 4 is 22.9 Å². The van der Waals surface area contributed by atoms with Crippen LogP contribution in [0.2, 0.25) is 0 Å². The van der Waals surface area contributed by atoms with Gasteiger partial charge in [-0.25, -0.2) is 9.67 Å². The largest absolute Gasteiger partial charge is 0.370 e. The maximum atomic E-state index is 5.88. The third kappa shape index (κ3) is 4.90. The van der Waals surface area contributed by atoms with E-state index in [9.17, 15) is 0 Å². The number of halogens is 1. The van der Waals surface area contributed by atoms with E-state index < -0.39 is 0 Å². The molecular weight excluding hydrogens is 330 g/mol. The van der Waals surface area contributed by atoms with Gasteiger partial charge in [0.05, 0.1) is 12.2 Å². The molecule has 0 aliphatic carbocycles. The highest BCUT2D eigenvalue weighted by molar-refractivity contribution is 8.93. The fourth-order valence-corrected chi connectivity index (χ4v) is 1.85. The Balaban J connectivity index is 0.00000220. The van der Waals surface area contributed by atoms with E-state index in [2.05, 4.69) is 29.3 Å². The van der Waals surface area contributed by atoms with Crippen molar-refractivity contribution in [2.45, 2.75) is 32.9 Å². The monoisotopic (exact) mass is 351 g/mol. The Bertz CT molecular complexity index is 565. The third-order valence-electron chi connectivity index (χ3n) is 3.17. The van der Waals surface area contributed by atoms with E-state index in [4.69, 9.17) is 5.73 Å². The zero-order chi connectivity index (χ0) is 14.4. The van der Waals surface area contributed by atoms with Crippen LogP contribution < -0.4 is 11.1 Å². The number of aromatic nitrogens is 2. The average Bonchev–Trinajstić information content (AvgIpc) is 2.99. The molecule has 3 N–H and O–H groups in total. The van der Waals surface area contributed by atoms with Gasteiger partial charge in [0.2, 0.25) is 0 Å². The summed E-state index contributed by atoms with van der Waals surface area (Å²) in [5.74, 6) is 0.481. The summed E-state index contributed by atoms with van der Waals surface area (Å²) in [5.41, 5.74) is 8.00. The lowest BCUT2D eigenvalue weighted by Gasteiger charge is -2.12. The minimum atomic E-state index is 0. The number of rotatable bonds is 5. The van der Waals surface area contributed by atoms with Crippen LogP contribution in [0, 0.1) is 0 Å². The van der Waals surface area contributed by atoms with Crippen LogP contribution in [0.1, 0.15) is 25.8 Å². The highest BCUT2D eigenvalue weighted by atomic mass is 79.9. The maximum absolute atomic E-state index is 5.88. The Hall–Kier alpha value is -1.82. The predicted molar refractivity (Wildman–Crippen MR) is 92.1 cm³/mol. The molecule has 6 heteroatoms. The zero-order valence-corrected chi connectivity index (χ0v) is 14.1. The van der Waals surface area contributed by atoms with Gasteiger partial charge < -0.3 is 11.1 Å². The van der Waals surface area contributed by atoms with Crippen LogP contribution in [-0.4, -0.2) is 21.8 Å².